The molecule has 3 heterocycles. The molecule has 4 aromatic rings. The molecule has 35 heavy (non-hydrogen) atoms. The molecule has 0 bridgehead atoms. The van der Waals surface area contributed by atoms with E-state index >= 15 is 0 Å². The zero-order valence-corrected chi connectivity index (χ0v) is 19.7. The van der Waals surface area contributed by atoms with Gasteiger partial charge in [-0.2, -0.15) is 5.10 Å². The predicted octanol–water partition coefficient (Wildman–Crippen LogP) is 4.66. The summed E-state index contributed by atoms with van der Waals surface area (Å²) >= 11 is 0. The van der Waals surface area contributed by atoms with E-state index in [4.69, 9.17) is 14.5 Å². The Bertz CT molecular complexity index is 1440. The van der Waals surface area contributed by atoms with E-state index < -0.39 is 0 Å². The van der Waals surface area contributed by atoms with Crippen LogP contribution in [-0.4, -0.2) is 39.8 Å². The van der Waals surface area contributed by atoms with Crippen LogP contribution in [0.2, 0.25) is 0 Å². The van der Waals surface area contributed by atoms with Gasteiger partial charge in [-0.05, 0) is 56.3 Å². The number of rotatable bonds is 5. The number of fused-ring (bicyclic) bond motifs is 2. The minimum absolute atomic E-state index is 0.0563. The van der Waals surface area contributed by atoms with Crippen LogP contribution in [0.25, 0.3) is 22.3 Å². The smallest absolute Gasteiger partial charge is 0.256 e. The van der Waals surface area contributed by atoms with E-state index in [1.54, 1.807) is 41.2 Å². The molecule has 9 nitrogen and oxygen atoms in total. The lowest BCUT2D eigenvalue weighted by Gasteiger charge is -2.19. The SMILES string of the molecule is CC(=O)Nc1cccc(NC(=O)c2cc(-c3ccc4c(c3)OCCO4)nc3c2cnn3C(C)C)c1. The Morgan fingerprint density at radius 3 is 2.46 bits per heavy atom. The fourth-order valence-electron chi connectivity index (χ4n) is 4.01. The molecule has 0 spiro atoms. The number of anilines is 2. The summed E-state index contributed by atoms with van der Waals surface area (Å²) in [6.45, 7) is 6.45. The molecule has 0 unspecified atom stereocenters. The van der Waals surface area contributed by atoms with Crippen LogP contribution < -0.4 is 20.1 Å². The summed E-state index contributed by atoms with van der Waals surface area (Å²) in [5.74, 6) is 0.841. The van der Waals surface area contributed by atoms with Crippen LogP contribution in [0.15, 0.2) is 54.7 Å². The van der Waals surface area contributed by atoms with Crippen LogP contribution in [0.3, 0.4) is 0 Å². The molecule has 0 aliphatic carbocycles. The van der Waals surface area contributed by atoms with E-state index in [0.717, 1.165) is 5.56 Å². The number of benzene rings is 2. The van der Waals surface area contributed by atoms with E-state index in [0.29, 0.717) is 58.4 Å². The summed E-state index contributed by atoms with van der Waals surface area (Å²) in [5, 5.41) is 10.8. The average molecular weight is 472 g/mol. The van der Waals surface area contributed by atoms with Gasteiger partial charge in [0, 0.05) is 29.9 Å². The maximum Gasteiger partial charge on any atom is 0.256 e. The molecule has 1 aliphatic rings. The molecule has 0 fully saturated rings. The summed E-state index contributed by atoms with van der Waals surface area (Å²) in [6.07, 6.45) is 1.67. The van der Waals surface area contributed by atoms with Crippen molar-refractivity contribution in [2.24, 2.45) is 0 Å². The van der Waals surface area contributed by atoms with Gasteiger partial charge in [0.2, 0.25) is 5.91 Å². The van der Waals surface area contributed by atoms with Crippen molar-refractivity contribution in [3.05, 3.63) is 60.3 Å². The van der Waals surface area contributed by atoms with Crippen molar-refractivity contribution in [1.29, 1.82) is 0 Å². The third-order valence-electron chi connectivity index (χ3n) is 5.58. The lowest BCUT2D eigenvalue weighted by molar-refractivity contribution is -0.114. The number of ether oxygens (including phenoxy) is 2. The molecule has 2 aromatic carbocycles. The quantitative estimate of drug-likeness (QED) is 0.438. The number of amides is 2. The molecule has 2 amide bonds. The topological polar surface area (TPSA) is 107 Å². The van der Waals surface area contributed by atoms with Crippen molar-refractivity contribution in [1.82, 2.24) is 14.8 Å². The number of pyridine rings is 1. The Kier molecular flexibility index (Phi) is 5.82. The highest BCUT2D eigenvalue weighted by molar-refractivity contribution is 6.12. The number of hydrogen-bond acceptors (Lipinski definition) is 6. The lowest BCUT2D eigenvalue weighted by atomic mass is 10.1. The first kappa shape index (κ1) is 22.4. The summed E-state index contributed by atoms with van der Waals surface area (Å²) in [4.78, 5) is 29.7. The lowest BCUT2D eigenvalue weighted by Crippen LogP contribution is -2.15. The van der Waals surface area contributed by atoms with Crippen LogP contribution in [-0.2, 0) is 4.79 Å². The predicted molar refractivity (Wildman–Crippen MR) is 133 cm³/mol. The van der Waals surface area contributed by atoms with Gasteiger partial charge in [-0.25, -0.2) is 9.67 Å². The highest BCUT2D eigenvalue weighted by Gasteiger charge is 2.20. The first-order valence-electron chi connectivity index (χ1n) is 11.4. The van der Waals surface area contributed by atoms with Gasteiger partial charge in [-0.1, -0.05) is 6.07 Å². The monoisotopic (exact) mass is 471 g/mol. The summed E-state index contributed by atoms with van der Waals surface area (Å²) in [5.41, 5.74) is 3.63. The van der Waals surface area contributed by atoms with E-state index in [2.05, 4.69) is 15.7 Å². The van der Waals surface area contributed by atoms with Gasteiger partial charge in [-0.3, -0.25) is 9.59 Å². The van der Waals surface area contributed by atoms with Crippen molar-refractivity contribution >= 4 is 34.2 Å². The second-order valence-corrected chi connectivity index (χ2v) is 8.55. The second-order valence-electron chi connectivity index (χ2n) is 8.55. The number of carbonyl (C=O) groups excluding carboxylic acids is 2. The fraction of sp³-hybridized carbons (Fsp3) is 0.231. The molecule has 2 N–H and O–H groups in total. The van der Waals surface area contributed by atoms with Crippen molar-refractivity contribution < 1.29 is 19.1 Å². The van der Waals surface area contributed by atoms with Crippen molar-refractivity contribution in [3.8, 4) is 22.8 Å². The Labute approximate surface area is 202 Å². The molecule has 5 rings (SSSR count). The minimum atomic E-state index is -0.306. The van der Waals surface area contributed by atoms with Gasteiger partial charge in [0.25, 0.3) is 5.91 Å². The van der Waals surface area contributed by atoms with Gasteiger partial charge < -0.3 is 20.1 Å². The van der Waals surface area contributed by atoms with E-state index in [1.807, 2.05) is 32.0 Å². The number of hydrogen-bond donors (Lipinski definition) is 2. The van der Waals surface area contributed by atoms with Crippen LogP contribution in [0.5, 0.6) is 11.5 Å². The van der Waals surface area contributed by atoms with Crippen LogP contribution in [0.4, 0.5) is 11.4 Å². The Hall–Kier alpha value is -4.40. The van der Waals surface area contributed by atoms with Gasteiger partial charge in [0.15, 0.2) is 17.1 Å². The zero-order valence-electron chi connectivity index (χ0n) is 19.7. The molecule has 9 heteroatoms. The first-order chi connectivity index (χ1) is 16.9. The van der Waals surface area contributed by atoms with Crippen LogP contribution in [0.1, 0.15) is 37.2 Å². The van der Waals surface area contributed by atoms with Crippen molar-refractivity contribution in [2.45, 2.75) is 26.8 Å². The third-order valence-corrected chi connectivity index (χ3v) is 5.58. The summed E-state index contributed by atoms with van der Waals surface area (Å²) < 4.78 is 13.2. The number of aromatic nitrogens is 3. The molecule has 1 aliphatic heterocycles. The van der Waals surface area contributed by atoms with Crippen LogP contribution in [0, 0.1) is 0 Å². The molecular weight excluding hydrogens is 446 g/mol. The average Bonchev–Trinajstić information content (AvgIpc) is 3.27. The number of nitrogens with zero attached hydrogens (tertiary/aromatic N) is 3. The van der Waals surface area contributed by atoms with Crippen LogP contribution >= 0.6 is 0 Å². The van der Waals surface area contributed by atoms with Gasteiger partial charge in [0.05, 0.1) is 22.8 Å². The Morgan fingerprint density at radius 1 is 0.971 bits per heavy atom. The largest absolute Gasteiger partial charge is 0.486 e. The molecule has 0 radical (unpaired) electrons. The molecule has 0 saturated carbocycles. The third kappa shape index (κ3) is 4.52. The minimum Gasteiger partial charge on any atom is -0.486 e. The Balaban J connectivity index is 1.57. The molecule has 0 atom stereocenters. The first-order valence-corrected chi connectivity index (χ1v) is 11.4. The Morgan fingerprint density at radius 2 is 1.71 bits per heavy atom. The molecule has 2 aromatic heterocycles. The normalized spacial score (nSPS) is 12.6. The van der Waals surface area contributed by atoms with Gasteiger partial charge >= 0.3 is 0 Å². The second kappa shape index (κ2) is 9.09. The van der Waals surface area contributed by atoms with Crippen molar-refractivity contribution in [3.63, 3.8) is 0 Å². The highest BCUT2D eigenvalue weighted by Crippen LogP contribution is 2.35. The van der Waals surface area contributed by atoms with Gasteiger partial charge in [0.1, 0.15) is 13.2 Å². The highest BCUT2D eigenvalue weighted by atomic mass is 16.6. The number of carbonyl (C=O) groups is 2. The summed E-state index contributed by atoms with van der Waals surface area (Å²) in [6, 6.07) is 14.4. The van der Waals surface area contributed by atoms with E-state index in [1.165, 1.54) is 6.92 Å². The maximum absolute atomic E-state index is 13.4. The van der Waals surface area contributed by atoms with E-state index in [9.17, 15) is 9.59 Å². The number of nitrogens with one attached hydrogen (secondary N) is 2. The van der Waals surface area contributed by atoms with Crippen molar-refractivity contribution in [2.75, 3.05) is 23.8 Å². The molecular formula is C26H25N5O4. The maximum atomic E-state index is 13.4. The molecule has 0 saturated heterocycles. The van der Waals surface area contributed by atoms with Gasteiger partial charge in [-0.15, -0.1) is 0 Å². The fourth-order valence-corrected chi connectivity index (χ4v) is 4.01. The van der Waals surface area contributed by atoms with E-state index in [-0.39, 0.29) is 17.9 Å². The molecule has 178 valence electrons. The zero-order chi connectivity index (χ0) is 24.5. The standard InChI is InChI=1S/C26H25N5O4/c1-15(2)31-25-21(14-27-31)20(26(33)29-19-6-4-5-18(12-19)28-16(3)32)13-22(30-25)17-7-8-23-24(11-17)35-10-9-34-23/h4-8,11-15H,9-10H2,1-3H3,(H,28,32)(H,29,33). The summed E-state index contributed by atoms with van der Waals surface area (Å²) in [7, 11) is 0.